The van der Waals surface area contributed by atoms with Crippen LogP contribution in [0.4, 0.5) is 0 Å². The van der Waals surface area contributed by atoms with E-state index < -0.39 is 6.04 Å². The number of amides is 2. The van der Waals surface area contributed by atoms with Crippen LogP contribution in [0.25, 0.3) is 16.7 Å². The third kappa shape index (κ3) is 4.05. The van der Waals surface area contributed by atoms with Crippen molar-refractivity contribution in [1.82, 2.24) is 29.5 Å². The number of benzene rings is 2. The summed E-state index contributed by atoms with van der Waals surface area (Å²) in [6, 6.07) is 11.8. The molecule has 10 heteroatoms. The smallest absolute Gasteiger partial charge is 0.256 e. The van der Waals surface area contributed by atoms with Crippen LogP contribution in [0.1, 0.15) is 52.0 Å². The first kappa shape index (κ1) is 24.1. The van der Waals surface area contributed by atoms with Crippen molar-refractivity contribution >= 4 is 38.8 Å². The van der Waals surface area contributed by atoms with E-state index in [1.165, 1.54) is 24.5 Å². The Morgan fingerprint density at radius 1 is 1.13 bits per heavy atom. The molecule has 1 unspecified atom stereocenters. The lowest BCUT2D eigenvalue weighted by molar-refractivity contribution is -0.127. The minimum Gasteiger partial charge on any atom is -0.474 e. The van der Waals surface area contributed by atoms with Crippen LogP contribution in [0.2, 0.25) is 0 Å². The van der Waals surface area contributed by atoms with Crippen molar-refractivity contribution in [3.63, 3.8) is 0 Å². The summed E-state index contributed by atoms with van der Waals surface area (Å²) in [5.41, 5.74) is 6.07. The fourth-order valence-electron chi connectivity index (χ4n) is 5.82. The predicted molar refractivity (Wildman–Crippen MR) is 149 cm³/mol. The fourth-order valence-corrected chi connectivity index (χ4v) is 6.26. The van der Waals surface area contributed by atoms with Crippen molar-refractivity contribution < 1.29 is 14.3 Å². The highest BCUT2D eigenvalue weighted by Crippen LogP contribution is 2.42. The molecule has 39 heavy (non-hydrogen) atoms. The van der Waals surface area contributed by atoms with Gasteiger partial charge in [0.15, 0.2) is 0 Å². The van der Waals surface area contributed by atoms with Gasteiger partial charge in [0.1, 0.15) is 12.1 Å². The number of hydrogen-bond acceptors (Lipinski definition) is 5. The number of nitrogens with zero attached hydrogens (tertiary/aromatic N) is 5. The summed E-state index contributed by atoms with van der Waals surface area (Å²) < 4.78 is 8.95. The van der Waals surface area contributed by atoms with Gasteiger partial charge in [0.2, 0.25) is 11.8 Å². The van der Waals surface area contributed by atoms with Crippen LogP contribution in [0, 0.1) is 0 Å². The van der Waals surface area contributed by atoms with Gasteiger partial charge >= 0.3 is 0 Å². The first-order chi connectivity index (χ1) is 19.0. The lowest BCUT2D eigenvalue weighted by Crippen LogP contribution is -2.48. The van der Waals surface area contributed by atoms with E-state index in [9.17, 15) is 9.59 Å². The summed E-state index contributed by atoms with van der Waals surface area (Å²) in [5, 5.41) is 4.89. The molecule has 7 rings (SSSR count). The van der Waals surface area contributed by atoms with Crippen molar-refractivity contribution in [3.05, 3.63) is 82.2 Å². The van der Waals surface area contributed by atoms with Gasteiger partial charge in [-0.15, -0.1) is 5.10 Å². The second kappa shape index (κ2) is 9.37. The van der Waals surface area contributed by atoms with Crippen LogP contribution in [0.3, 0.4) is 0 Å². The van der Waals surface area contributed by atoms with Crippen LogP contribution < -0.4 is 4.74 Å². The molecule has 1 saturated carbocycles. The van der Waals surface area contributed by atoms with E-state index in [0.717, 1.165) is 26.9 Å². The Labute approximate surface area is 233 Å². The number of carbonyl (C=O) groups is 2. The lowest BCUT2D eigenvalue weighted by Gasteiger charge is -2.39. The molecule has 2 amide bonds. The maximum absolute atomic E-state index is 14.1. The first-order valence-electron chi connectivity index (χ1n) is 13.2. The second-order valence-corrected chi connectivity index (χ2v) is 11.1. The number of halogens is 1. The molecule has 4 heterocycles. The number of ether oxygens (including phenoxy) is 1. The zero-order chi connectivity index (χ0) is 26.7. The summed E-state index contributed by atoms with van der Waals surface area (Å²) in [5.74, 6) is 0.859. The first-order valence-corrected chi connectivity index (χ1v) is 14.0. The molecule has 0 radical (unpaired) electrons. The van der Waals surface area contributed by atoms with E-state index >= 15 is 0 Å². The van der Waals surface area contributed by atoms with Gasteiger partial charge < -0.3 is 19.5 Å². The van der Waals surface area contributed by atoms with Crippen LogP contribution >= 0.6 is 15.9 Å². The highest BCUT2D eigenvalue weighted by Gasteiger charge is 2.40. The molecule has 2 aliphatic heterocycles. The summed E-state index contributed by atoms with van der Waals surface area (Å²) in [4.78, 5) is 38.0. The Bertz CT molecular complexity index is 1620. The Balaban J connectivity index is 1.32. The predicted octanol–water partition coefficient (Wildman–Crippen LogP) is 4.54. The molecule has 3 aliphatic rings. The number of rotatable bonds is 4. The number of aromatic amines is 1. The Morgan fingerprint density at radius 2 is 1.95 bits per heavy atom. The third-order valence-electron chi connectivity index (χ3n) is 7.97. The molecule has 4 aromatic rings. The van der Waals surface area contributed by atoms with E-state index in [0.29, 0.717) is 55.5 Å². The van der Waals surface area contributed by atoms with Gasteiger partial charge in [-0.05, 0) is 70.6 Å². The fraction of sp³-hybridized carbons (Fsp3) is 0.310. The molecule has 1 aliphatic carbocycles. The minimum absolute atomic E-state index is 0.144. The van der Waals surface area contributed by atoms with Crippen LogP contribution in [-0.2, 0) is 11.2 Å². The molecular weight excluding hydrogens is 560 g/mol. The van der Waals surface area contributed by atoms with Gasteiger partial charge in [-0.1, -0.05) is 18.7 Å². The highest BCUT2D eigenvalue weighted by molar-refractivity contribution is 9.10. The zero-order valence-electron chi connectivity index (χ0n) is 21.3. The Kier molecular flexibility index (Phi) is 5.80. The number of fused-ring (bicyclic) bond motifs is 1. The molecular formula is C29H27BrN6O3. The van der Waals surface area contributed by atoms with E-state index in [1.807, 2.05) is 15.6 Å². The normalized spacial score (nSPS) is 18.7. The van der Waals surface area contributed by atoms with Crippen LogP contribution in [0.15, 0.2) is 59.9 Å². The number of carbonyl (C=O) groups excluding carboxylic acids is 2. The summed E-state index contributed by atoms with van der Waals surface area (Å²) in [6.07, 6.45) is 6.01. The topological polar surface area (TPSA) is 96.4 Å². The van der Waals surface area contributed by atoms with Crippen molar-refractivity contribution in [2.45, 2.75) is 31.2 Å². The molecule has 0 bridgehead atoms. The minimum atomic E-state index is -0.433. The summed E-state index contributed by atoms with van der Waals surface area (Å²) in [6.45, 7) is 5.16. The molecule has 0 spiro atoms. The maximum atomic E-state index is 14.1. The van der Waals surface area contributed by atoms with Crippen molar-refractivity contribution in [2.75, 3.05) is 26.2 Å². The Hall–Kier alpha value is -3.92. The van der Waals surface area contributed by atoms with Gasteiger partial charge in [-0.25, -0.2) is 9.67 Å². The van der Waals surface area contributed by atoms with Crippen molar-refractivity contribution in [2.24, 2.45) is 0 Å². The number of nitrogens with one attached hydrogen (secondary N) is 1. The molecule has 9 nitrogen and oxygen atoms in total. The molecule has 198 valence electrons. The number of aromatic nitrogens is 4. The number of hydrogen-bond donors (Lipinski definition) is 1. The maximum Gasteiger partial charge on any atom is 0.256 e. The monoisotopic (exact) mass is 586 g/mol. The molecule has 2 aromatic carbocycles. The zero-order valence-corrected chi connectivity index (χ0v) is 22.9. The average Bonchev–Trinajstić information content (AvgIpc) is 3.56. The van der Waals surface area contributed by atoms with E-state index in [-0.39, 0.29) is 11.8 Å². The van der Waals surface area contributed by atoms with E-state index in [1.54, 1.807) is 17.3 Å². The van der Waals surface area contributed by atoms with Crippen LogP contribution in [0.5, 0.6) is 5.88 Å². The molecule has 1 atom stereocenters. The number of H-pyrrole nitrogens is 1. The molecule has 2 aromatic heterocycles. The highest BCUT2D eigenvalue weighted by atomic mass is 79.9. The molecule has 0 saturated heterocycles. The van der Waals surface area contributed by atoms with Gasteiger partial charge in [-0.2, -0.15) is 0 Å². The van der Waals surface area contributed by atoms with E-state index in [4.69, 9.17) is 9.84 Å². The second-order valence-electron chi connectivity index (χ2n) is 10.3. The van der Waals surface area contributed by atoms with Gasteiger partial charge in [-0.3, -0.25) is 9.59 Å². The lowest BCUT2D eigenvalue weighted by atomic mass is 9.95. The summed E-state index contributed by atoms with van der Waals surface area (Å²) >= 11 is 3.53. The SMILES string of the molecule is C=CC(=O)N1CCOc2nn(-c3ccc(C4CC4)cc3)c3c2C(C1)N(C(=O)c1ccc(Br)c2[nH]cnc12)CC3. The third-order valence-corrected chi connectivity index (χ3v) is 8.63. The molecule has 1 fully saturated rings. The number of imidazole rings is 1. The summed E-state index contributed by atoms with van der Waals surface area (Å²) in [7, 11) is 0. The van der Waals surface area contributed by atoms with Crippen molar-refractivity contribution in [1.29, 1.82) is 0 Å². The van der Waals surface area contributed by atoms with Gasteiger partial charge in [0.05, 0.1) is 46.9 Å². The molecule has 1 N–H and O–H groups in total. The standard InChI is InChI=1S/C29H27BrN6O3/c1-2-24(37)34-13-14-39-28-25-22(36(33-28)19-7-5-18(6-8-19)17-3-4-17)11-12-35(23(25)15-34)29(38)20-9-10-21(30)27-26(20)31-16-32-27/h2,5-10,16-17,23H,1,3-4,11-15H2,(H,31,32). The largest absolute Gasteiger partial charge is 0.474 e. The van der Waals surface area contributed by atoms with Gasteiger partial charge in [0, 0.05) is 24.0 Å². The van der Waals surface area contributed by atoms with Crippen LogP contribution in [-0.4, -0.2) is 67.6 Å². The van der Waals surface area contributed by atoms with Crippen molar-refractivity contribution in [3.8, 4) is 11.6 Å². The average molecular weight is 587 g/mol. The quantitative estimate of drug-likeness (QED) is 0.354. The Morgan fingerprint density at radius 3 is 2.72 bits per heavy atom. The van der Waals surface area contributed by atoms with E-state index in [2.05, 4.69) is 56.7 Å². The van der Waals surface area contributed by atoms with Gasteiger partial charge in [0.25, 0.3) is 5.91 Å².